The fourth-order valence-electron chi connectivity index (χ4n) is 1.23. The summed E-state index contributed by atoms with van der Waals surface area (Å²) in [5, 5.41) is 26.7. The van der Waals surface area contributed by atoms with Gasteiger partial charge in [0.2, 0.25) is 0 Å². The van der Waals surface area contributed by atoms with Gasteiger partial charge < -0.3 is 20.1 Å². The van der Waals surface area contributed by atoms with Gasteiger partial charge in [-0.3, -0.25) is 0 Å². The molecule has 1 aliphatic rings. The zero-order valence-electron chi connectivity index (χ0n) is 7.42. The molecule has 0 bridgehead atoms. The minimum Gasteiger partial charge on any atom is -0.466 e. The van der Waals surface area contributed by atoms with E-state index in [4.69, 9.17) is 11.6 Å². The van der Waals surface area contributed by atoms with Gasteiger partial charge in [-0.25, -0.2) is 4.79 Å². The predicted molar refractivity (Wildman–Crippen MR) is 47.8 cm³/mol. The fraction of sp³-hybridized carbons (Fsp3) is 0.625. The van der Waals surface area contributed by atoms with E-state index in [1.807, 2.05) is 0 Å². The number of halogens is 1. The van der Waals surface area contributed by atoms with Crippen LogP contribution in [0.1, 0.15) is 0 Å². The van der Waals surface area contributed by atoms with Crippen molar-refractivity contribution in [3.05, 3.63) is 11.6 Å². The first kappa shape index (κ1) is 11.5. The van der Waals surface area contributed by atoms with Crippen molar-refractivity contribution in [3.63, 3.8) is 0 Å². The molecule has 0 saturated heterocycles. The lowest BCUT2D eigenvalue weighted by Crippen LogP contribution is -2.47. The van der Waals surface area contributed by atoms with Crippen LogP contribution in [0.25, 0.3) is 0 Å². The molecule has 14 heavy (non-hydrogen) atoms. The highest BCUT2D eigenvalue weighted by Gasteiger charge is 2.39. The summed E-state index contributed by atoms with van der Waals surface area (Å²) in [6, 6.07) is 0. The largest absolute Gasteiger partial charge is 0.466 e. The molecule has 5 nitrogen and oxygen atoms in total. The summed E-state index contributed by atoms with van der Waals surface area (Å²) in [4.78, 5) is 11.1. The molecule has 0 aromatic rings. The van der Waals surface area contributed by atoms with Crippen LogP contribution in [0.3, 0.4) is 0 Å². The average molecular weight is 223 g/mol. The van der Waals surface area contributed by atoms with Gasteiger partial charge in [0.15, 0.2) is 0 Å². The molecule has 0 radical (unpaired) electrons. The maximum Gasteiger partial charge on any atom is 0.335 e. The number of ether oxygens (including phenoxy) is 1. The number of aliphatic hydroxyl groups is 3. The molecule has 4 unspecified atom stereocenters. The van der Waals surface area contributed by atoms with Crippen LogP contribution >= 0.6 is 11.6 Å². The number of esters is 1. The summed E-state index contributed by atoms with van der Waals surface area (Å²) in [6.45, 7) is 0. The van der Waals surface area contributed by atoms with Crippen molar-refractivity contribution < 1.29 is 24.9 Å². The smallest absolute Gasteiger partial charge is 0.335 e. The van der Waals surface area contributed by atoms with Crippen LogP contribution in [0.15, 0.2) is 11.6 Å². The number of alkyl halides is 1. The lowest BCUT2D eigenvalue weighted by atomic mass is 9.92. The summed E-state index contributed by atoms with van der Waals surface area (Å²) in [7, 11) is 1.16. The third-order valence-corrected chi connectivity index (χ3v) is 2.56. The Morgan fingerprint density at radius 2 is 2.00 bits per heavy atom. The van der Waals surface area contributed by atoms with Crippen molar-refractivity contribution in [1.29, 1.82) is 0 Å². The van der Waals surface area contributed by atoms with Crippen LogP contribution in [0.4, 0.5) is 0 Å². The Morgan fingerprint density at radius 3 is 2.50 bits per heavy atom. The summed E-state index contributed by atoms with van der Waals surface area (Å²) < 4.78 is 4.40. The standard InChI is InChI=1S/C8H11ClO5/c1-14-8(13)3-2-4(10)6(11)7(12)5(3)9/h2,4-7,10-12H,1H3. The zero-order valence-corrected chi connectivity index (χ0v) is 8.18. The monoisotopic (exact) mass is 222 g/mol. The highest BCUT2D eigenvalue weighted by atomic mass is 35.5. The molecule has 0 saturated carbocycles. The second-order valence-corrected chi connectivity index (χ2v) is 3.46. The van der Waals surface area contributed by atoms with Crippen molar-refractivity contribution in [2.75, 3.05) is 7.11 Å². The molecule has 4 atom stereocenters. The Labute approximate surface area is 85.6 Å². The molecule has 3 N–H and O–H groups in total. The van der Waals surface area contributed by atoms with Gasteiger partial charge >= 0.3 is 5.97 Å². The number of hydrogen-bond donors (Lipinski definition) is 3. The topological polar surface area (TPSA) is 87.0 Å². The van der Waals surface area contributed by atoms with E-state index in [9.17, 15) is 20.1 Å². The molecule has 0 spiro atoms. The van der Waals surface area contributed by atoms with E-state index in [0.29, 0.717) is 0 Å². The van der Waals surface area contributed by atoms with Crippen molar-refractivity contribution in [3.8, 4) is 0 Å². The zero-order chi connectivity index (χ0) is 10.9. The molecular formula is C8H11ClO5. The van der Waals surface area contributed by atoms with Crippen LogP contribution in [0.2, 0.25) is 0 Å². The Hall–Kier alpha value is -0.620. The Balaban J connectivity index is 2.95. The number of hydrogen-bond acceptors (Lipinski definition) is 5. The number of rotatable bonds is 1. The normalized spacial score (nSPS) is 37.6. The van der Waals surface area contributed by atoms with Crippen molar-refractivity contribution in [1.82, 2.24) is 0 Å². The molecule has 1 rings (SSSR count). The molecule has 6 heteroatoms. The summed E-state index contributed by atoms with van der Waals surface area (Å²) in [5.41, 5.74) is -0.0422. The number of carbonyl (C=O) groups excluding carboxylic acids is 1. The van der Waals surface area contributed by atoms with Gasteiger partial charge in [0.25, 0.3) is 0 Å². The highest BCUT2D eigenvalue weighted by molar-refractivity contribution is 6.25. The van der Waals surface area contributed by atoms with Gasteiger partial charge in [-0.15, -0.1) is 11.6 Å². The molecule has 0 heterocycles. The van der Waals surface area contributed by atoms with E-state index in [-0.39, 0.29) is 5.57 Å². The highest BCUT2D eigenvalue weighted by Crippen LogP contribution is 2.25. The lowest BCUT2D eigenvalue weighted by Gasteiger charge is -2.30. The van der Waals surface area contributed by atoms with E-state index in [2.05, 4.69) is 4.74 Å². The average Bonchev–Trinajstić information content (AvgIpc) is 2.19. The first-order chi connectivity index (χ1) is 6.49. The van der Waals surface area contributed by atoms with Gasteiger partial charge in [-0.05, 0) is 6.08 Å². The summed E-state index contributed by atoms with van der Waals surface area (Å²) in [5.74, 6) is -0.727. The van der Waals surface area contributed by atoms with Crippen molar-refractivity contribution >= 4 is 17.6 Å². The second-order valence-electron chi connectivity index (χ2n) is 2.99. The molecule has 0 amide bonds. The molecule has 0 aliphatic heterocycles. The fourth-order valence-corrected chi connectivity index (χ4v) is 1.54. The van der Waals surface area contributed by atoms with Gasteiger partial charge in [-0.1, -0.05) is 0 Å². The predicted octanol–water partition coefficient (Wildman–Crippen LogP) is -1.21. The van der Waals surface area contributed by atoms with Gasteiger partial charge in [0.1, 0.15) is 18.3 Å². The van der Waals surface area contributed by atoms with Crippen LogP contribution in [-0.4, -0.2) is 52.1 Å². The summed E-state index contributed by atoms with van der Waals surface area (Å²) in [6.07, 6.45) is -2.99. The minimum absolute atomic E-state index is 0.0422. The molecule has 1 aliphatic carbocycles. The SMILES string of the molecule is COC(=O)C1=CC(O)C(O)C(O)C1Cl. The quantitative estimate of drug-likeness (QED) is 0.383. The first-order valence-electron chi connectivity index (χ1n) is 3.97. The third kappa shape index (κ3) is 1.90. The Bertz CT molecular complexity index is 264. The molecular weight excluding hydrogens is 212 g/mol. The molecule has 0 aromatic heterocycles. The van der Waals surface area contributed by atoms with Gasteiger partial charge in [-0.2, -0.15) is 0 Å². The second kappa shape index (κ2) is 4.27. The van der Waals surface area contributed by atoms with Crippen LogP contribution in [0, 0.1) is 0 Å². The Kier molecular flexibility index (Phi) is 3.49. The van der Waals surface area contributed by atoms with E-state index < -0.39 is 29.7 Å². The number of aliphatic hydroxyl groups excluding tert-OH is 3. The van der Waals surface area contributed by atoms with Crippen LogP contribution in [-0.2, 0) is 9.53 Å². The molecule has 80 valence electrons. The van der Waals surface area contributed by atoms with Crippen molar-refractivity contribution in [2.24, 2.45) is 0 Å². The van der Waals surface area contributed by atoms with E-state index in [1.54, 1.807) is 0 Å². The van der Waals surface area contributed by atoms with Gasteiger partial charge in [0, 0.05) is 0 Å². The minimum atomic E-state index is -1.38. The Morgan fingerprint density at radius 1 is 1.43 bits per heavy atom. The first-order valence-corrected chi connectivity index (χ1v) is 4.41. The molecule has 0 aromatic carbocycles. The van der Waals surface area contributed by atoms with Crippen LogP contribution < -0.4 is 0 Å². The lowest BCUT2D eigenvalue weighted by molar-refractivity contribution is -0.137. The third-order valence-electron chi connectivity index (χ3n) is 2.07. The van der Waals surface area contributed by atoms with E-state index in [0.717, 1.165) is 13.2 Å². The maximum absolute atomic E-state index is 11.1. The summed E-state index contributed by atoms with van der Waals surface area (Å²) >= 11 is 5.68. The van der Waals surface area contributed by atoms with E-state index in [1.165, 1.54) is 0 Å². The van der Waals surface area contributed by atoms with Crippen LogP contribution in [0.5, 0.6) is 0 Å². The van der Waals surface area contributed by atoms with E-state index >= 15 is 0 Å². The number of methoxy groups -OCH3 is 1. The van der Waals surface area contributed by atoms with Gasteiger partial charge in [0.05, 0.1) is 18.1 Å². The van der Waals surface area contributed by atoms with Crippen molar-refractivity contribution in [2.45, 2.75) is 23.7 Å². The molecule has 0 fully saturated rings. The maximum atomic E-state index is 11.1. The number of carbonyl (C=O) groups is 1.